The van der Waals surface area contributed by atoms with Gasteiger partial charge in [-0.2, -0.15) is 0 Å². The van der Waals surface area contributed by atoms with Crippen LogP contribution in [0.1, 0.15) is 45.1 Å². The average Bonchev–Trinajstić information content (AvgIpc) is 2.68. The molecule has 7 nitrogen and oxygen atoms in total. The van der Waals surface area contributed by atoms with Crippen LogP contribution in [0.5, 0.6) is 0 Å². The van der Waals surface area contributed by atoms with Crippen LogP contribution in [-0.4, -0.2) is 60.5 Å². The van der Waals surface area contributed by atoms with Crippen LogP contribution in [0.25, 0.3) is 0 Å². The number of hydrogen-bond donors (Lipinski definition) is 3. The standard InChI is InChI=1S/C20H33N5O2/c1-3-21-20(24-17-4-6-18(26)7-5-17)23-13-16-8-9-22-19(12-16)25-10-11-27-15(2)14-25/h8-9,12,15,17-18,26H,3-7,10-11,13-14H2,1-2H3,(H2,21,23,24). The molecule has 7 heteroatoms. The molecule has 2 fully saturated rings. The number of anilines is 1. The van der Waals surface area contributed by atoms with Gasteiger partial charge in [0.25, 0.3) is 0 Å². The van der Waals surface area contributed by atoms with Crippen LogP contribution in [0, 0.1) is 0 Å². The molecule has 1 saturated heterocycles. The van der Waals surface area contributed by atoms with Gasteiger partial charge in [0.1, 0.15) is 5.82 Å². The molecule has 3 N–H and O–H groups in total. The summed E-state index contributed by atoms with van der Waals surface area (Å²) in [4.78, 5) is 11.6. The third-order valence-electron chi connectivity index (χ3n) is 5.18. The number of ether oxygens (including phenoxy) is 1. The molecule has 2 aliphatic rings. The molecule has 3 rings (SSSR count). The fourth-order valence-electron chi connectivity index (χ4n) is 3.66. The topological polar surface area (TPSA) is 82.0 Å². The Labute approximate surface area is 162 Å². The van der Waals surface area contributed by atoms with Crippen molar-refractivity contribution in [2.45, 2.75) is 64.3 Å². The number of morpholine rings is 1. The van der Waals surface area contributed by atoms with E-state index in [1.54, 1.807) is 0 Å². The van der Waals surface area contributed by atoms with Crippen molar-refractivity contribution in [3.05, 3.63) is 23.9 Å². The Balaban J connectivity index is 1.60. The number of aliphatic imine (C=N–C) groups is 1. The fourth-order valence-corrected chi connectivity index (χ4v) is 3.66. The zero-order valence-electron chi connectivity index (χ0n) is 16.5. The van der Waals surface area contributed by atoms with E-state index in [-0.39, 0.29) is 12.2 Å². The van der Waals surface area contributed by atoms with E-state index in [0.717, 1.165) is 69.3 Å². The lowest BCUT2D eigenvalue weighted by Crippen LogP contribution is -2.45. The van der Waals surface area contributed by atoms with Crippen LogP contribution in [0.2, 0.25) is 0 Å². The van der Waals surface area contributed by atoms with E-state index in [2.05, 4.69) is 40.4 Å². The monoisotopic (exact) mass is 375 g/mol. The molecular weight excluding hydrogens is 342 g/mol. The number of aliphatic hydroxyl groups is 1. The number of aliphatic hydroxyl groups excluding tert-OH is 1. The van der Waals surface area contributed by atoms with Crippen molar-refractivity contribution >= 4 is 11.8 Å². The van der Waals surface area contributed by atoms with Gasteiger partial charge in [0.15, 0.2) is 5.96 Å². The largest absolute Gasteiger partial charge is 0.393 e. The maximum absolute atomic E-state index is 9.67. The molecule has 150 valence electrons. The van der Waals surface area contributed by atoms with E-state index in [4.69, 9.17) is 9.73 Å². The molecule has 1 aromatic heterocycles. The minimum atomic E-state index is -0.138. The number of hydrogen-bond acceptors (Lipinski definition) is 5. The Morgan fingerprint density at radius 2 is 2.19 bits per heavy atom. The summed E-state index contributed by atoms with van der Waals surface area (Å²) in [6.07, 6.45) is 5.66. The van der Waals surface area contributed by atoms with E-state index in [0.29, 0.717) is 12.6 Å². The normalized spacial score (nSPS) is 26.7. The molecule has 0 bridgehead atoms. The van der Waals surface area contributed by atoms with Gasteiger partial charge in [-0.15, -0.1) is 0 Å². The second-order valence-electron chi connectivity index (χ2n) is 7.49. The smallest absolute Gasteiger partial charge is 0.191 e. The molecule has 2 heterocycles. The van der Waals surface area contributed by atoms with Crippen molar-refractivity contribution in [3.63, 3.8) is 0 Å². The zero-order valence-corrected chi connectivity index (χ0v) is 16.5. The highest BCUT2D eigenvalue weighted by Crippen LogP contribution is 2.19. The second-order valence-corrected chi connectivity index (χ2v) is 7.49. The van der Waals surface area contributed by atoms with Crippen LogP contribution < -0.4 is 15.5 Å². The predicted octanol–water partition coefficient (Wildman–Crippen LogP) is 1.67. The number of rotatable bonds is 5. The van der Waals surface area contributed by atoms with E-state index in [1.165, 1.54) is 0 Å². The third kappa shape index (κ3) is 6.07. The first-order valence-corrected chi connectivity index (χ1v) is 10.2. The highest BCUT2D eigenvalue weighted by molar-refractivity contribution is 5.80. The molecule has 1 unspecified atom stereocenters. The third-order valence-corrected chi connectivity index (χ3v) is 5.18. The van der Waals surface area contributed by atoms with Gasteiger partial charge in [-0.25, -0.2) is 9.98 Å². The molecule has 0 spiro atoms. The SMILES string of the molecule is CCNC(=NCc1ccnc(N2CCOC(C)C2)c1)NC1CCC(O)CC1. The van der Waals surface area contributed by atoms with E-state index >= 15 is 0 Å². The number of guanidine groups is 1. The van der Waals surface area contributed by atoms with Crippen LogP contribution in [0.15, 0.2) is 23.3 Å². The summed E-state index contributed by atoms with van der Waals surface area (Å²) < 4.78 is 5.62. The van der Waals surface area contributed by atoms with Gasteiger partial charge >= 0.3 is 0 Å². The van der Waals surface area contributed by atoms with Crippen LogP contribution >= 0.6 is 0 Å². The maximum Gasteiger partial charge on any atom is 0.191 e. The van der Waals surface area contributed by atoms with E-state index in [9.17, 15) is 5.11 Å². The summed E-state index contributed by atoms with van der Waals surface area (Å²) in [5, 5.41) is 16.5. The Kier molecular flexibility index (Phi) is 7.29. The molecule has 1 saturated carbocycles. The van der Waals surface area contributed by atoms with Gasteiger partial charge in [-0.1, -0.05) is 0 Å². The average molecular weight is 376 g/mol. The quantitative estimate of drug-likeness (QED) is 0.536. The Bertz CT molecular complexity index is 616. The molecule has 0 radical (unpaired) electrons. The lowest BCUT2D eigenvalue weighted by atomic mass is 9.93. The molecule has 0 aromatic carbocycles. The van der Waals surface area contributed by atoms with Gasteiger partial charge in [-0.3, -0.25) is 0 Å². The first-order valence-electron chi connectivity index (χ1n) is 10.2. The van der Waals surface area contributed by atoms with E-state index in [1.807, 2.05) is 12.3 Å². The first kappa shape index (κ1) is 19.9. The fraction of sp³-hybridized carbons (Fsp3) is 0.700. The molecule has 0 amide bonds. The predicted molar refractivity (Wildman–Crippen MR) is 108 cm³/mol. The molecule has 1 atom stereocenters. The van der Waals surface area contributed by atoms with Crippen molar-refractivity contribution in [1.29, 1.82) is 0 Å². The van der Waals surface area contributed by atoms with Gasteiger partial charge < -0.3 is 25.4 Å². The zero-order chi connectivity index (χ0) is 19.1. The van der Waals surface area contributed by atoms with Gasteiger partial charge in [-0.05, 0) is 57.2 Å². The van der Waals surface area contributed by atoms with Crippen molar-refractivity contribution in [2.75, 3.05) is 31.1 Å². The summed E-state index contributed by atoms with van der Waals surface area (Å²) in [6, 6.07) is 4.54. The minimum absolute atomic E-state index is 0.138. The molecule has 27 heavy (non-hydrogen) atoms. The van der Waals surface area contributed by atoms with Crippen LogP contribution in [0.3, 0.4) is 0 Å². The van der Waals surface area contributed by atoms with Gasteiger partial charge in [0.2, 0.25) is 0 Å². The van der Waals surface area contributed by atoms with Crippen molar-refractivity contribution < 1.29 is 9.84 Å². The van der Waals surface area contributed by atoms with Gasteiger partial charge in [0, 0.05) is 31.9 Å². The first-order chi connectivity index (χ1) is 13.1. The Hall–Kier alpha value is -1.86. The number of nitrogens with one attached hydrogen (secondary N) is 2. The highest BCUT2D eigenvalue weighted by atomic mass is 16.5. The van der Waals surface area contributed by atoms with Crippen molar-refractivity contribution in [2.24, 2.45) is 4.99 Å². The summed E-state index contributed by atoms with van der Waals surface area (Å²) in [6.45, 7) is 8.11. The highest BCUT2D eigenvalue weighted by Gasteiger charge is 2.20. The number of aromatic nitrogens is 1. The Morgan fingerprint density at radius 1 is 1.37 bits per heavy atom. The lowest BCUT2D eigenvalue weighted by molar-refractivity contribution is 0.0529. The minimum Gasteiger partial charge on any atom is -0.393 e. The van der Waals surface area contributed by atoms with E-state index < -0.39 is 0 Å². The summed E-state index contributed by atoms with van der Waals surface area (Å²) in [5.74, 6) is 1.84. The molecule has 1 aromatic rings. The summed E-state index contributed by atoms with van der Waals surface area (Å²) in [5.41, 5.74) is 1.15. The van der Waals surface area contributed by atoms with Gasteiger partial charge in [0.05, 0.1) is 25.4 Å². The van der Waals surface area contributed by atoms with Crippen LogP contribution in [-0.2, 0) is 11.3 Å². The second kappa shape index (κ2) is 9.90. The Morgan fingerprint density at radius 3 is 2.93 bits per heavy atom. The molecule has 1 aliphatic carbocycles. The number of nitrogens with zero attached hydrogens (tertiary/aromatic N) is 3. The lowest BCUT2D eigenvalue weighted by Gasteiger charge is -2.32. The summed E-state index contributed by atoms with van der Waals surface area (Å²) >= 11 is 0. The molecule has 1 aliphatic heterocycles. The maximum atomic E-state index is 9.67. The molecular formula is C20H33N5O2. The van der Waals surface area contributed by atoms with Crippen molar-refractivity contribution in [3.8, 4) is 0 Å². The van der Waals surface area contributed by atoms with Crippen molar-refractivity contribution in [1.82, 2.24) is 15.6 Å². The summed E-state index contributed by atoms with van der Waals surface area (Å²) in [7, 11) is 0. The number of pyridine rings is 1. The van der Waals surface area contributed by atoms with Crippen LogP contribution in [0.4, 0.5) is 5.82 Å².